The van der Waals surface area contributed by atoms with Crippen LogP contribution in [-0.4, -0.2) is 61.3 Å². The van der Waals surface area contributed by atoms with Crippen LogP contribution in [0.5, 0.6) is 0 Å². The average Bonchev–Trinajstić information content (AvgIpc) is 2.72. The summed E-state index contributed by atoms with van der Waals surface area (Å²) in [5.74, 6) is -1.62. The van der Waals surface area contributed by atoms with E-state index in [9.17, 15) is 22.4 Å². The molecule has 3 nitrogen and oxygen atoms in total. The number of fused-ring (bicyclic) bond motifs is 1. The summed E-state index contributed by atoms with van der Waals surface area (Å²) in [6, 6.07) is 0. The molecule has 1 amide bonds. The summed E-state index contributed by atoms with van der Waals surface area (Å²) in [6.07, 6.45) is -4.78. The van der Waals surface area contributed by atoms with Gasteiger partial charge < -0.3 is 9.80 Å². The van der Waals surface area contributed by atoms with E-state index in [1.165, 1.54) is 0 Å². The quantitative estimate of drug-likeness (QED) is 0.684. The van der Waals surface area contributed by atoms with Crippen molar-refractivity contribution >= 4 is 5.91 Å². The molecule has 0 aromatic carbocycles. The number of rotatable bonds is 2. The molecule has 0 aromatic heterocycles. The summed E-state index contributed by atoms with van der Waals surface area (Å²) in [5.41, 5.74) is 0. The molecule has 2 unspecified atom stereocenters. The topological polar surface area (TPSA) is 23.6 Å². The molecule has 2 aliphatic heterocycles. The Morgan fingerprint density at radius 1 is 1.12 bits per heavy atom. The van der Waals surface area contributed by atoms with E-state index in [4.69, 9.17) is 0 Å². The van der Waals surface area contributed by atoms with Crippen LogP contribution in [0.4, 0.5) is 17.6 Å². The molecule has 2 saturated heterocycles. The van der Waals surface area contributed by atoms with Gasteiger partial charge in [0.2, 0.25) is 0 Å². The number of carbonyl (C=O) groups is 1. The van der Waals surface area contributed by atoms with E-state index in [2.05, 4.69) is 0 Å². The van der Waals surface area contributed by atoms with Gasteiger partial charge in [-0.25, -0.2) is 4.39 Å². The van der Waals surface area contributed by atoms with Gasteiger partial charge in [0, 0.05) is 32.7 Å². The van der Waals surface area contributed by atoms with Crippen LogP contribution in [0, 0.1) is 11.8 Å². The molecule has 2 atom stereocenters. The minimum absolute atomic E-state index is 0.0628. The van der Waals surface area contributed by atoms with Crippen molar-refractivity contribution in [2.45, 2.75) is 6.18 Å². The van der Waals surface area contributed by atoms with Crippen molar-refractivity contribution in [1.29, 1.82) is 0 Å². The number of nitrogens with zero attached hydrogens (tertiary/aromatic N) is 2. The monoisotopic (exact) mass is 254 g/mol. The Hall–Kier alpha value is -0.850. The van der Waals surface area contributed by atoms with Crippen LogP contribution in [0.15, 0.2) is 0 Å². The zero-order valence-corrected chi connectivity index (χ0v) is 9.21. The maximum Gasteiger partial charge on any atom is 0.471 e. The van der Waals surface area contributed by atoms with Crippen LogP contribution >= 0.6 is 0 Å². The van der Waals surface area contributed by atoms with E-state index < -0.39 is 18.8 Å². The minimum atomic E-state index is -4.78. The molecule has 17 heavy (non-hydrogen) atoms. The molecule has 0 spiro atoms. The first kappa shape index (κ1) is 12.6. The van der Waals surface area contributed by atoms with Gasteiger partial charge in [-0.15, -0.1) is 0 Å². The van der Waals surface area contributed by atoms with Crippen LogP contribution in [0.25, 0.3) is 0 Å². The number of carbonyl (C=O) groups excluding carboxylic acids is 1. The third-order valence-electron chi connectivity index (χ3n) is 3.49. The van der Waals surface area contributed by atoms with E-state index >= 15 is 0 Å². The highest BCUT2D eigenvalue weighted by Crippen LogP contribution is 2.33. The molecule has 0 saturated carbocycles. The molecule has 0 aromatic rings. The van der Waals surface area contributed by atoms with Gasteiger partial charge in [-0.05, 0) is 11.8 Å². The van der Waals surface area contributed by atoms with Gasteiger partial charge >= 0.3 is 12.1 Å². The SMILES string of the molecule is O=C(N1CC2CN(CCF)CC2C1)C(F)(F)F. The molecule has 0 bridgehead atoms. The predicted octanol–water partition coefficient (Wildman–Crippen LogP) is 0.908. The van der Waals surface area contributed by atoms with Gasteiger partial charge in [0.1, 0.15) is 6.67 Å². The molecule has 0 radical (unpaired) electrons. The largest absolute Gasteiger partial charge is 0.471 e. The lowest BCUT2D eigenvalue weighted by Gasteiger charge is -2.21. The van der Waals surface area contributed by atoms with Gasteiger partial charge in [-0.3, -0.25) is 4.79 Å². The first-order chi connectivity index (χ1) is 7.91. The van der Waals surface area contributed by atoms with Gasteiger partial charge in [0.05, 0.1) is 0 Å². The second-order valence-corrected chi connectivity index (χ2v) is 4.68. The molecular weight excluding hydrogens is 240 g/mol. The van der Waals surface area contributed by atoms with Gasteiger partial charge in [0.15, 0.2) is 0 Å². The van der Waals surface area contributed by atoms with Crippen LogP contribution in [0.3, 0.4) is 0 Å². The molecule has 0 aliphatic carbocycles. The zero-order valence-electron chi connectivity index (χ0n) is 9.21. The molecule has 7 heteroatoms. The highest BCUT2D eigenvalue weighted by atomic mass is 19.4. The van der Waals surface area contributed by atoms with Crippen molar-refractivity contribution in [2.75, 3.05) is 39.4 Å². The number of amides is 1. The van der Waals surface area contributed by atoms with E-state index in [1.807, 2.05) is 4.90 Å². The summed E-state index contributed by atoms with van der Waals surface area (Å²) >= 11 is 0. The molecule has 2 rings (SSSR count). The average molecular weight is 254 g/mol. The minimum Gasteiger partial charge on any atom is -0.334 e. The van der Waals surface area contributed by atoms with Crippen molar-refractivity contribution in [1.82, 2.24) is 9.80 Å². The predicted molar refractivity (Wildman–Crippen MR) is 52.0 cm³/mol. The number of halogens is 4. The molecular formula is C10H14F4N2O. The Morgan fingerprint density at radius 2 is 1.65 bits per heavy atom. The Bertz CT molecular complexity index is 293. The fourth-order valence-electron chi connectivity index (χ4n) is 2.74. The van der Waals surface area contributed by atoms with Crippen LogP contribution in [0.2, 0.25) is 0 Å². The van der Waals surface area contributed by atoms with Crippen LogP contribution < -0.4 is 0 Å². The van der Waals surface area contributed by atoms with E-state index in [-0.39, 0.29) is 24.9 Å². The summed E-state index contributed by atoms with van der Waals surface area (Å²) in [5, 5.41) is 0. The number of hydrogen-bond acceptors (Lipinski definition) is 2. The molecule has 2 fully saturated rings. The summed E-state index contributed by atoms with van der Waals surface area (Å²) in [6.45, 7) is 1.37. The highest BCUT2D eigenvalue weighted by Gasteiger charge is 2.48. The van der Waals surface area contributed by atoms with E-state index in [0.29, 0.717) is 19.6 Å². The molecule has 2 aliphatic rings. The lowest BCUT2D eigenvalue weighted by Crippen LogP contribution is -2.41. The molecule has 0 N–H and O–H groups in total. The van der Waals surface area contributed by atoms with Crippen molar-refractivity contribution in [3.05, 3.63) is 0 Å². The van der Waals surface area contributed by atoms with Crippen molar-refractivity contribution in [3.8, 4) is 0 Å². The highest BCUT2D eigenvalue weighted by molar-refractivity contribution is 5.82. The second kappa shape index (κ2) is 4.44. The van der Waals surface area contributed by atoms with Crippen molar-refractivity contribution in [2.24, 2.45) is 11.8 Å². The number of hydrogen-bond donors (Lipinski definition) is 0. The standard InChI is InChI=1S/C10H14F4N2O/c11-1-2-15-3-7-5-16(6-8(7)4-15)9(17)10(12,13)14/h7-8H,1-6H2. The number of alkyl halides is 4. The van der Waals surface area contributed by atoms with E-state index in [0.717, 1.165) is 4.90 Å². The Morgan fingerprint density at radius 3 is 2.06 bits per heavy atom. The Labute approximate surface area is 96.4 Å². The summed E-state index contributed by atoms with van der Waals surface area (Å²) in [7, 11) is 0. The van der Waals surface area contributed by atoms with Gasteiger partial charge in [-0.2, -0.15) is 13.2 Å². The normalized spacial score (nSPS) is 29.8. The summed E-state index contributed by atoms with van der Waals surface area (Å²) in [4.78, 5) is 13.8. The van der Waals surface area contributed by atoms with Crippen molar-refractivity contribution in [3.63, 3.8) is 0 Å². The van der Waals surface area contributed by atoms with Crippen LogP contribution in [0.1, 0.15) is 0 Å². The molecule has 98 valence electrons. The maximum absolute atomic E-state index is 12.2. The second-order valence-electron chi connectivity index (χ2n) is 4.68. The Balaban J connectivity index is 1.90. The first-order valence-corrected chi connectivity index (χ1v) is 5.56. The van der Waals surface area contributed by atoms with Gasteiger partial charge in [0.25, 0.3) is 0 Å². The van der Waals surface area contributed by atoms with Gasteiger partial charge in [-0.1, -0.05) is 0 Å². The third kappa shape index (κ3) is 2.53. The zero-order chi connectivity index (χ0) is 12.6. The smallest absolute Gasteiger partial charge is 0.334 e. The number of likely N-dealkylation sites (tertiary alicyclic amines) is 2. The Kier molecular flexibility index (Phi) is 3.29. The van der Waals surface area contributed by atoms with Crippen LogP contribution in [-0.2, 0) is 4.79 Å². The van der Waals surface area contributed by atoms with E-state index in [1.54, 1.807) is 0 Å². The lowest BCUT2D eigenvalue weighted by molar-refractivity contribution is -0.184. The fraction of sp³-hybridized carbons (Fsp3) is 0.900. The lowest BCUT2D eigenvalue weighted by atomic mass is 10.0. The first-order valence-electron chi connectivity index (χ1n) is 5.56. The molecule has 2 heterocycles. The third-order valence-corrected chi connectivity index (χ3v) is 3.49. The van der Waals surface area contributed by atoms with Crippen molar-refractivity contribution < 1.29 is 22.4 Å². The maximum atomic E-state index is 12.2. The fourth-order valence-corrected chi connectivity index (χ4v) is 2.74. The summed E-state index contributed by atoms with van der Waals surface area (Å²) < 4.78 is 48.8.